The number of nitrogens with zero attached hydrogens (tertiary/aromatic N) is 4. The molecular formula is C18H24N4O2. The quantitative estimate of drug-likeness (QED) is 0.714. The van der Waals surface area contributed by atoms with Crippen molar-refractivity contribution in [3.05, 3.63) is 36.5 Å². The van der Waals surface area contributed by atoms with E-state index < -0.39 is 0 Å². The van der Waals surface area contributed by atoms with Crippen LogP contribution in [0.4, 0.5) is 0 Å². The van der Waals surface area contributed by atoms with Crippen LogP contribution in [0.5, 0.6) is 5.88 Å². The van der Waals surface area contributed by atoms with Gasteiger partial charge in [0.25, 0.3) is 0 Å². The van der Waals surface area contributed by atoms with E-state index in [0.717, 1.165) is 45.6 Å². The van der Waals surface area contributed by atoms with Gasteiger partial charge >= 0.3 is 0 Å². The van der Waals surface area contributed by atoms with Crippen LogP contribution in [-0.4, -0.2) is 59.5 Å². The minimum Gasteiger partial charge on any atom is -0.473 e. The fourth-order valence-electron chi connectivity index (χ4n) is 2.74. The number of pyridine rings is 1. The zero-order valence-corrected chi connectivity index (χ0v) is 14.1. The Kier molecular flexibility index (Phi) is 6.76. The number of nitriles is 1. The molecule has 0 aromatic carbocycles. The molecule has 0 N–H and O–H groups in total. The lowest BCUT2D eigenvalue weighted by atomic mass is 10.1. The summed E-state index contributed by atoms with van der Waals surface area (Å²) in [7, 11) is 0. The molecule has 128 valence electrons. The molecule has 6 nitrogen and oxygen atoms in total. The lowest BCUT2D eigenvalue weighted by molar-refractivity contribution is -0.130. The Labute approximate surface area is 143 Å². The van der Waals surface area contributed by atoms with Gasteiger partial charge in [-0.25, -0.2) is 4.98 Å². The molecular weight excluding hydrogens is 304 g/mol. The third kappa shape index (κ3) is 5.36. The molecule has 0 unspecified atom stereocenters. The number of carbonyl (C=O) groups is 1. The topological polar surface area (TPSA) is 69.5 Å². The average molecular weight is 328 g/mol. The summed E-state index contributed by atoms with van der Waals surface area (Å²) in [6, 6.07) is 7.23. The Morgan fingerprint density at radius 2 is 2.21 bits per heavy atom. The number of rotatable bonds is 7. The number of ether oxygens (including phenoxy) is 1. The van der Waals surface area contributed by atoms with Gasteiger partial charge in [0.05, 0.1) is 0 Å². The van der Waals surface area contributed by atoms with Crippen molar-refractivity contribution in [2.75, 3.05) is 32.7 Å². The van der Waals surface area contributed by atoms with Crippen LogP contribution in [0, 0.1) is 11.3 Å². The van der Waals surface area contributed by atoms with Gasteiger partial charge in [-0.3, -0.25) is 9.69 Å². The maximum atomic E-state index is 11.4. The molecule has 1 aromatic heterocycles. The summed E-state index contributed by atoms with van der Waals surface area (Å²) in [6.45, 7) is 9.36. The summed E-state index contributed by atoms with van der Waals surface area (Å²) >= 11 is 0. The molecule has 1 aliphatic heterocycles. The van der Waals surface area contributed by atoms with Crippen molar-refractivity contribution in [3.63, 3.8) is 0 Å². The predicted octanol–water partition coefficient (Wildman–Crippen LogP) is 1.83. The Bertz CT molecular complexity index is 603. The third-order valence-electron chi connectivity index (χ3n) is 4.10. The molecule has 0 bridgehead atoms. The number of piperazine rings is 1. The van der Waals surface area contributed by atoms with E-state index in [0.29, 0.717) is 11.6 Å². The van der Waals surface area contributed by atoms with E-state index in [9.17, 15) is 4.79 Å². The highest BCUT2D eigenvalue weighted by atomic mass is 16.5. The van der Waals surface area contributed by atoms with Gasteiger partial charge in [-0.05, 0) is 18.9 Å². The van der Waals surface area contributed by atoms with E-state index in [2.05, 4.69) is 16.5 Å². The zero-order chi connectivity index (χ0) is 17.4. The first-order chi connectivity index (χ1) is 11.6. The van der Waals surface area contributed by atoms with Crippen molar-refractivity contribution < 1.29 is 9.53 Å². The average Bonchev–Trinajstić information content (AvgIpc) is 2.60. The van der Waals surface area contributed by atoms with E-state index in [4.69, 9.17) is 10.00 Å². The summed E-state index contributed by atoms with van der Waals surface area (Å²) in [6.07, 6.45) is 3.56. The van der Waals surface area contributed by atoms with Crippen molar-refractivity contribution in [2.24, 2.45) is 0 Å². The molecule has 0 spiro atoms. The Balaban J connectivity index is 1.94. The lowest BCUT2D eigenvalue weighted by Gasteiger charge is -2.35. The Morgan fingerprint density at radius 3 is 2.83 bits per heavy atom. The summed E-state index contributed by atoms with van der Waals surface area (Å²) in [4.78, 5) is 19.8. The van der Waals surface area contributed by atoms with E-state index in [1.807, 2.05) is 17.0 Å². The molecule has 1 aromatic rings. The number of allylic oxidation sites excluding steroid dienone is 1. The highest BCUT2D eigenvalue weighted by Crippen LogP contribution is 2.14. The first-order valence-electron chi connectivity index (χ1n) is 8.25. The molecule has 0 aliphatic carbocycles. The van der Waals surface area contributed by atoms with Crippen LogP contribution >= 0.6 is 0 Å². The molecule has 1 aliphatic rings. The first-order valence-corrected chi connectivity index (χ1v) is 8.25. The van der Waals surface area contributed by atoms with E-state index in [1.54, 1.807) is 25.1 Å². The van der Waals surface area contributed by atoms with Gasteiger partial charge in [-0.15, -0.1) is 6.58 Å². The number of amides is 1. The van der Waals surface area contributed by atoms with Crippen LogP contribution in [0.2, 0.25) is 0 Å². The van der Waals surface area contributed by atoms with Crippen molar-refractivity contribution in [1.29, 1.82) is 5.26 Å². The van der Waals surface area contributed by atoms with Gasteiger partial charge in [0.1, 0.15) is 17.9 Å². The van der Waals surface area contributed by atoms with Crippen LogP contribution < -0.4 is 4.74 Å². The van der Waals surface area contributed by atoms with Gasteiger partial charge in [0.15, 0.2) is 0 Å². The first kappa shape index (κ1) is 18.0. The molecule has 2 heterocycles. The monoisotopic (exact) mass is 328 g/mol. The highest BCUT2D eigenvalue weighted by molar-refractivity contribution is 5.73. The molecule has 1 saturated heterocycles. The number of aromatic nitrogens is 1. The maximum Gasteiger partial charge on any atom is 0.219 e. The summed E-state index contributed by atoms with van der Waals surface area (Å²) in [5.41, 5.74) is 0.352. The SMILES string of the molecule is C=CCC[C@H](CN1CCN(C(C)=O)CC1)Oc1cccc(C#N)n1. The van der Waals surface area contributed by atoms with E-state index >= 15 is 0 Å². The number of carbonyl (C=O) groups excluding carboxylic acids is 1. The van der Waals surface area contributed by atoms with Crippen LogP contribution in [-0.2, 0) is 4.79 Å². The molecule has 24 heavy (non-hydrogen) atoms. The second-order valence-electron chi connectivity index (χ2n) is 5.89. The lowest BCUT2D eigenvalue weighted by Crippen LogP contribution is -2.50. The second kappa shape index (κ2) is 9.04. The Morgan fingerprint density at radius 1 is 1.46 bits per heavy atom. The van der Waals surface area contributed by atoms with Crippen molar-refractivity contribution >= 4 is 5.91 Å². The molecule has 1 atom stereocenters. The minimum absolute atomic E-state index is 0.0201. The van der Waals surface area contributed by atoms with Gasteiger partial charge in [-0.1, -0.05) is 12.1 Å². The zero-order valence-electron chi connectivity index (χ0n) is 14.1. The largest absolute Gasteiger partial charge is 0.473 e. The summed E-state index contributed by atoms with van der Waals surface area (Å²) < 4.78 is 6.00. The molecule has 6 heteroatoms. The van der Waals surface area contributed by atoms with Crippen LogP contribution in [0.25, 0.3) is 0 Å². The summed E-state index contributed by atoms with van der Waals surface area (Å²) in [5.74, 6) is 0.608. The molecule has 0 radical (unpaired) electrons. The fraction of sp³-hybridized carbons (Fsp3) is 0.500. The number of hydrogen-bond acceptors (Lipinski definition) is 5. The van der Waals surface area contributed by atoms with Gasteiger partial charge in [0, 0.05) is 45.7 Å². The van der Waals surface area contributed by atoms with E-state index in [1.165, 1.54) is 0 Å². The van der Waals surface area contributed by atoms with Crippen LogP contribution in [0.3, 0.4) is 0 Å². The van der Waals surface area contributed by atoms with Gasteiger partial charge in [-0.2, -0.15) is 5.26 Å². The predicted molar refractivity (Wildman–Crippen MR) is 91.5 cm³/mol. The second-order valence-corrected chi connectivity index (χ2v) is 5.89. The van der Waals surface area contributed by atoms with E-state index in [-0.39, 0.29) is 12.0 Å². The number of hydrogen-bond donors (Lipinski definition) is 0. The molecule has 1 amide bonds. The smallest absolute Gasteiger partial charge is 0.219 e. The van der Waals surface area contributed by atoms with Crippen LogP contribution in [0.1, 0.15) is 25.5 Å². The van der Waals surface area contributed by atoms with Crippen molar-refractivity contribution in [1.82, 2.24) is 14.8 Å². The van der Waals surface area contributed by atoms with Crippen molar-refractivity contribution in [2.45, 2.75) is 25.9 Å². The van der Waals surface area contributed by atoms with Gasteiger partial charge in [0.2, 0.25) is 11.8 Å². The molecule has 1 fully saturated rings. The van der Waals surface area contributed by atoms with Crippen LogP contribution in [0.15, 0.2) is 30.9 Å². The summed E-state index contributed by atoms with van der Waals surface area (Å²) in [5, 5.41) is 8.95. The minimum atomic E-state index is -0.0201. The van der Waals surface area contributed by atoms with Crippen molar-refractivity contribution in [3.8, 4) is 11.9 Å². The van der Waals surface area contributed by atoms with Gasteiger partial charge < -0.3 is 9.64 Å². The standard InChI is InChI=1S/C18H24N4O2/c1-3-4-7-17(24-18-8-5-6-16(13-19)20-18)14-21-9-11-22(12-10-21)15(2)23/h3,5-6,8,17H,1,4,7,9-12,14H2,2H3/t17-/m1/s1. The highest BCUT2D eigenvalue weighted by Gasteiger charge is 2.22. The molecule has 2 rings (SSSR count). The molecule has 0 saturated carbocycles. The third-order valence-corrected chi connectivity index (χ3v) is 4.10. The fourth-order valence-corrected chi connectivity index (χ4v) is 2.74. The maximum absolute atomic E-state index is 11.4. The normalized spacial score (nSPS) is 16.2. The Hall–Kier alpha value is -2.39.